The van der Waals surface area contributed by atoms with E-state index in [1.165, 1.54) is 0 Å². The van der Waals surface area contributed by atoms with Crippen LogP contribution in [0.2, 0.25) is 0 Å². The molecule has 1 aromatic carbocycles. The molecular formula is C16H20N2O3. The molecule has 21 heavy (non-hydrogen) atoms. The van der Waals surface area contributed by atoms with Gasteiger partial charge in [0.25, 0.3) is 0 Å². The summed E-state index contributed by atoms with van der Waals surface area (Å²) in [6.07, 6.45) is 0.467. The number of hydrogen-bond donors (Lipinski definition) is 2. The van der Waals surface area contributed by atoms with Crippen LogP contribution in [0.4, 0.5) is 10.5 Å². The number of rotatable bonds is 2. The van der Waals surface area contributed by atoms with Crippen LogP contribution >= 0.6 is 0 Å². The second kappa shape index (κ2) is 7.67. The lowest BCUT2D eigenvalue weighted by Gasteiger charge is -2.27. The fourth-order valence-electron chi connectivity index (χ4n) is 2.06. The van der Waals surface area contributed by atoms with E-state index in [4.69, 9.17) is 9.84 Å². The van der Waals surface area contributed by atoms with Gasteiger partial charge in [-0.3, -0.25) is 0 Å². The predicted octanol–water partition coefficient (Wildman–Crippen LogP) is 1.59. The fourth-order valence-corrected chi connectivity index (χ4v) is 2.06. The van der Waals surface area contributed by atoms with Crippen molar-refractivity contribution >= 4 is 11.7 Å². The van der Waals surface area contributed by atoms with Gasteiger partial charge >= 0.3 is 6.03 Å². The maximum Gasteiger partial charge on any atom is 0.321 e. The first-order chi connectivity index (χ1) is 10.2. The van der Waals surface area contributed by atoms with Crippen LogP contribution in [0.5, 0.6) is 0 Å². The molecule has 1 fully saturated rings. The molecule has 5 heteroatoms. The standard InChI is InChI=1S/C16H20N2O3/c1-13-12-15(6-5-14(13)4-2-3-9-19)17-16(20)18-7-10-21-11-8-18/h5-6,12,19H,3,7-11H2,1H3,(H,17,20). The van der Waals surface area contributed by atoms with Crippen molar-refractivity contribution in [2.24, 2.45) is 0 Å². The fraction of sp³-hybridized carbons (Fsp3) is 0.438. The van der Waals surface area contributed by atoms with Crippen LogP contribution in [-0.4, -0.2) is 48.9 Å². The summed E-state index contributed by atoms with van der Waals surface area (Å²) in [7, 11) is 0. The SMILES string of the molecule is Cc1cc(NC(=O)N2CCOCC2)ccc1C#CCCO. The van der Waals surface area contributed by atoms with Gasteiger partial charge in [0.05, 0.1) is 19.8 Å². The third-order valence-electron chi connectivity index (χ3n) is 3.24. The highest BCUT2D eigenvalue weighted by Crippen LogP contribution is 2.15. The van der Waals surface area contributed by atoms with Gasteiger partial charge in [0.15, 0.2) is 0 Å². The second-order valence-electron chi connectivity index (χ2n) is 4.83. The van der Waals surface area contributed by atoms with Gasteiger partial charge in [-0.1, -0.05) is 11.8 Å². The van der Waals surface area contributed by atoms with E-state index in [0.717, 1.165) is 16.8 Å². The average molecular weight is 288 g/mol. The Morgan fingerprint density at radius 1 is 1.43 bits per heavy atom. The van der Waals surface area contributed by atoms with Crippen molar-refractivity contribution in [3.05, 3.63) is 29.3 Å². The Bertz CT molecular complexity index is 554. The highest BCUT2D eigenvalue weighted by Gasteiger charge is 2.16. The summed E-state index contributed by atoms with van der Waals surface area (Å²) in [5.74, 6) is 5.90. The first kappa shape index (κ1) is 15.4. The monoisotopic (exact) mass is 288 g/mol. The summed E-state index contributed by atoms with van der Waals surface area (Å²) in [5.41, 5.74) is 2.67. The van der Waals surface area contributed by atoms with Crippen LogP contribution in [0, 0.1) is 18.8 Å². The molecule has 1 aliphatic rings. The van der Waals surface area contributed by atoms with E-state index in [0.29, 0.717) is 32.7 Å². The van der Waals surface area contributed by atoms with Crippen LogP contribution in [0.1, 0.15) is 17.5 Å². The molecule has 2 N–H and O–H groups in total. The van der Waals surface area contributed by atoms with Crippen LogP contribution in [0.25, 0.3) is 0 Å². The summed E-state index contributed by atoms with van der Waals surface area (Å²) in [4.78, 5) is 13.8. The van der Waals surface area contributed by atoms with E-state index in [-0.39, 0.29) is 12.6 Å². The molecule has 1 saturated heterocycles. The smallest absolute Gasteiger partial charge is 0.321 e. The molecule has 1 heterocycles. The molecule has 0 aromatic heterocycles. The van der Waals surface area contributed by atoms with E-state index in [2.05, 4.69) is 17.2 Å². The zero-order chi connectivity index (χ0) is 15.1. The minimum atomic E-state index is -0.100. The van der Waals surface area contributed by atoms with Crippen molar-refractivity contribution < 1.29 is 14.6 Å². The second-order valence-corrected chi connectivity index (χ2v) is 4.83. The van der Waals surface area contributed by atoms with E-state index in [1.807, 2.05) is 25.1 Å². The van der Waals surface area contributed by atoms with E-state index in [1.54, 1.807) is 4.90 Å². The molecule has 2 rings (SSSR count). The predicted molar refractivity (Wildman–Crippen MR) is 81.2 cm³/mol. The Kier molecular flexibility index (Phi) is 5.61. The zero-order valence-electron chi connectivity index (χ0n) is 12.2. The van der Waals surface area contributed by atoms with Crippen LogP contribution in [-0.2, 0) is 4.74 Å². The highest BCUT2D eigenvalue weighted by atomic mass is 16.5. The number of aryl methyl sites for hydroxylation is 1. The summed E-state index contributed by atoms with van der Waals surface area (Å²) in [6.45, 7) is 4.44. The average Bonchev–Trinajstić information content (AvgIpc) is 2.50. The maximum absolute atomic E-state index is 12.1. The molecule has 0 bridgehead atoms. The molecule has 0 unspecified atom stereocenters. The van der Waals surface area contributed by atoms with Gasteiger partial charge in [0.1, 0.15) is 0 Å². The Morgan fingerprint density at radius 2 is 2.19 bits per heavy atom. The van der Waals surface area contributed by atoms with Crippen molar-refractivity contribution in [1.29, 1.82) is 0 Å². The molecule has 1 aliphatic heterocycles. The first-order valence-corrected chi connectivity index (χ1v) is 7.05. The molecule has 0 saturated carbocycles. The number of carbonyl (C=O) groups is 1. The van der Waals surface area contributed by atoms with Gasteiger partial charge < -0.3 is 20.1 Å². The highest BCUT2D eigenvalue weighted by molar-refractivity contribution is 5.89. The summed E-state index contributed by atoms with van der Waals surface area (Å²) in [5, 5.41) is 11.6. The van der Waals surface area contributed by atoms with Gasteiger partial charge in [-0.25, -0.2) is 4.79 Å². The molecule has 0 aliphatic carbocycles. The molecule has 5 nitrogen and oxygen atoms in total. The van der Waals surface area contributed by atoms with Gasteiger partial charge in [0.2, 0.25) is 0 Å². The largest absolute Gasteiger partial charge is 0.395 e. The van der Waals surface area contributed by atoms with Gasteiger partial charge in [-0.15, -0.1) is 0 Å². The van der Waals surface area contributed by atoms with Gasteiger partial charge in [0, 0.05) is 30.8 Å². The zero-order valence-corrected chi connectivity index (χ0v) is 12.2. The number of amides is 2. The number of carbonyl (C=O) groups excluding carboxylic acids is 1. The topological polar surface area (TPSA) is 61.8 Å². The number of morpholine rings is 1. The number of aliphatic hydroxyl groups is 1. The van der Waals surface area contributed by atoms with Crippen LogP contribution in [0.3, 0.4) is 0 Å². The number of hydrogen-bond acceptors (Lipinski definition) is 3. The Hall–Kier alpha value is -2.03. The minimum absolute atomic E-state index is 0.0692. The van der Waals surface area contributed by atoms with Crippen molar-refractivity contribution in [2.75, 3.05) is 38.2 Å². The van der Waals surface area contributed by atoms with Crippen molar-refractivity contribution in [1.82, 2.24) is 4.90 Å². The van der Waals surface area contributed by atoms with Crippen molar-refractivity contribution in [3.8, 4) is 11.8 Å². The van der Waals surface area contributed by atoms with Gasteiger partial charge in [-0.2, -0.15) is 0 Å². The van der Waals surface area contributed by atoms with Crippen molar-refractivity contribution in [3.63, 3.8) is 0 Å². The molecule has 2 amide bonds. The number of urea groups is 1. The number of ether oxygens (including phenoxy) is 1. The lowest BCUT2D eigenvalue weighted by atomic mass is 10.1. The number of nitrogens with zero attached hydrogens (tertiary/aromatic N) is 1. The normalized spacial score (nSPS) is 14.3. The summed E-state index contributed by atoms with van der Waals surface area (Å²) in [6, 6.07) is 5.53. The Labute approximate surface area is 124 Å². The molecule has 0 spiro atoms. The molecule has 112 valence electrons. The number of aliphatic hydroxyl groups excluding tert-OH is 1. The third-order valence-corrected chi connectivity index (χ3v) is 3.24. The number of anilines is 1. The lowest BCUT2D eigenvalue weighted by Crippen LogP contribution is -2.43. The molecular weight excluding hydrogens is 268 g/mol. The third kappa shape index (κ3) is 4.48. The Balaban J connectivity index is 1.99. The number of benzene rings is 1. The van der Waals surface area contributed by atoms with Crippen molar-refractivity contribution in [2.45, 2.75) is 13.3 Å². The van der Waals surface area contributed by atoms with Crippen LogP contribution < -0.4 is 5.32 Å². The maximum atomic E-state index is 12.1. The molecule has 0 radical (unpaired) electrons. The number of nitrogens with one attached hydrogen (secondary N) is 1. The quantitative estimate of drug-likeness (QED) is 0.813. The van der Waals surface area contributed by atoms with Crippen LogP contribution in [0.15, 0.2) is 18.2 Å². The first-order valence-electron chi connectivity index (χ1n) is 7.05. The summed E-state index contributed by atoms with van der Waals surface area (Å²) < 4.78 is 5.23. The van der Waals surface area contributed by atoms with E-state index >= 15 is 0 Å². The molecule has 0 atom stereocenters. The molecule has 1 aromatic rings. The summed E-state index contributed by atoms with van der Waals surface area (Å²) >= 11 is 0. The van der Waals surface area contributed by atoms with E-state index in [9.17, 15) is 4.79 Å². The van der Waals surface area contributed by atoms with Gasteiger partial charge in [-0.05, 0) is 30.7 Å². The van der Waals surface area contributed by atoms with E-state index < -0.39 is 0 Å². The lowest BCUT2D eigenvalue weighted by molar-refractivity contribution is 0.0564. The Morgan fingerprint density at radius 3 is 2.86 bits per heavy atom. The minimum Gasteiger partial charge on any atom is -0.395 e.